The summed E-state index contributed by atoms with van der Waals surface area (Å²) in [6.07, 6.45) is 9.85. The smallest absolute Gasteiger partial charge is 0.311 e. The Labute approximate surface area is 181 Å². The summed E-state index contributed by atoms with van der Waals surface area (Å²) in [4.78, 5) is 24.8. The Balaban J connectivity index is 2.19. The van der Waals surface area contributed by atoms with Gasteiger partial charge in [-0.1, -0.05) is 83.6 Å². The van der Waals surface area contributed by atoms with Gasteiger partial charge in [0, 0.05) is 23.6 Å². The van der Waals surface area contributed by atoms with Crippen LogP contribution in [0.1, 0.15) is 90.5 Å². The van der Waals surface area contributed by atoms with Crippen LogP contribution in [-0.2, 0) is 16.0 Å². The summed E-state index contributed by atoms with van der Waals surface area (Å²) < 4.78 is 11.5. The highest BCUT2D eigenvalue weighted by Gasteiger charge is 2.18. The summed E-state index contributed by atoms with van der Waals surface area (Å²) in [7, 11) is 0. The van der Waals surface area contributed by atoms with E-state index in [1.54, 1.807) is 0 Å². The highest BCUT2D eigenvalue weighted by molar-refractivity contribution is 5.97. The van der Waals surface area contributed by atoms with Gasteiger partial charge in [0.25, 0.3) is 0 Å². The number of esters is 2. The molecule has 164 valence electrons. The van der Waals surface area contributed by atoms with Gasteiger partial charge in [0.05, 0.1) is 0 Å². The molecule has 4 heteroatoms. The second kappa shape index (κ2) is 13.0. The van der Waals surface area contributed by atoms with Crippen LogP contribution in [0.4, 0.5) is 0 Å². The Bertz CT molecular complexity index is 825. The molecule has 30 heavy (non-hydrogen) atoms. The number of carbonyl (C=O) groups excluding carboxylic acids is 2. The normalized spacial score (nSPS) is 10.9. The van der Waals surface area contributed by atoms with Crippen LogP contribution in [-0.4, -0.2) is 11.9 Å². The lowest BCUT2D eigenvalue weighted by Crippen LogP contribution is -2.11. The van der Waals surface area contributed by atoms with Gasteiger partial charge in [-0.3, -0.25) is 9.59 Å². The van der Waals surface area contributed by atoms with E-state index in [2.05, 4.69) is 13.8 Å². The molecule has 0 saturated heterocycles. The van der Waals surface area contributed by atoms with Crippen LogP contribution < -0.4 is 9.47 Å². The number of rotatable bonds is 13. The molecule has 4 nitrogen and oxygen atoms in total. The van der Waals surface area contributed by atoms with Gasteiger partial charge in [-0.25, -0.2) is 0 Å². The van der Waals surface area contributed by atoms with E-state index in [4.69, 9.17) is 9.47 Å². The molecule has 2 aromatic carbocycles. The molecular formula is C26H36O4. The molecule has 0 amide bonds. The molecule has 2 aromatic rings. The van der Waals surface area contributed by atoms with E-state index in [1.165, 1.54) is 0 Å². The second-order valence-corrected chi connectivity index (χ2v) is 7.83. The lowest BCUT2D eigenvalue weighted by Gasteiger charge is -2.16. The van der Waals surface area contributed by atoms with Crippen LogP contribution in [0, 0.1) is 0 Å². The predicted octanol–water partition coefficient (Wildman–Crippen LogP) is 7.15. The number of unbranched alkanes of at least 4 members (excludes halogenated alkanes) is 6. The van der Waals surface area contributed by atoms with Gasteiger partial charge in [-0.15, -0.1) is 0 Å². The Hall–Kier alpha value is -2.36. The van der Waals surface area contributed by atoms with Crippen LogP contribution in [0.3, 0.4) is 0 Å². The van der Waals surface area contributed by atoms with Crippen molar-refractivity contribution in [2.75, 3.05) is 0 Å². The second-order valence-electron chi connectivity index (χ2n) is 7.83. The highest BCUT2D eigenvalue weighted by Crippen LogP contribution is 2.37. The molecule has 0 N–H and O–H groups in total. The first kappa shape index (κ1) is 23.9. The first-order valence-electron chi connectivity index (χ1n) is 11.6. The Kier molecular flexibility index (Phi) is 10.4. The maximum absolute atomic E-state index is 12.4. The van der Waals surface area contributed by atoms with Gasteiger partial charge < -0.3 is 9.47 Å². The Morgan fingerprint density at radius 2 is 1.30 bits per heavy atom. The lowest BCUT2D eigenvalue weighted by molar-refractivity contribution is -0.135. The monoisotopic (exact) mass is 412 g/mol. The van der Waals surface area contributed by atoms with E-state index in [0.717, 1.165) is 67.7 Å². The predicted molar refractivity (Wildman–Crippen MR) is 122 cm³/mol. The topological polar surface area (TPSA) is 52.6 Å². The van der Waals surface area contributed by atoms with E-state index >= 15 is 0 Å². The molecule has 0 bridgehead atoms. The first-order chi connectivity index (χ1) is 14.6. The van der Waals surface area contributed by atoms with Crippen LogP contribution in [0.2, 0.25) is 0 Å². The van der Waals surface area contributed by atoms with Crippen molar-refractivity contribution in [1.29, 1.82) is 0 Å². The zero-order chi connectivity index (χ0) is 21.8. The van der Waals surface area contributed by atoms with Gasteiger partial charge in [-0.2, -0.15) is 0 Å². The maximum atomic E-state index is 12.4. The molecule has 0 saturated carbocycles. The maximum Gasteiger partial charge on any atom is 0.311 e. The number of aryl methyl sites for hydroxylation is 1. The Morgan fingerprint density at radius 3 is 1.87 bits per heavy atom. The van der Waals surface area contributed by atoms with Gasteiger partial charge >= 0.3 is 11.9 Å². The first-order valence-corrected chi connectivity index (χ1v) is 11.6. The summed E-state index contributed by atoms with van der Waals surface area (Å²) >= 11 is 0. The van der Waals surface area contributed by atoms with Crippen molar-refractivity contribution in [1.82, 2.24) is 0 Å². The minimum atomic E-state index is -0.209. The molecule has 0 aliphatic heterocycles. The number of benzene rings is 2. The molecular weight excluding hydrogens is 376 g/mol. The number of hydrogen-bond donors (Lipinski definition) is 0. The minimum Gasteiger partial charge on any atom is -0.426 e. The standard InChI is InChI=1S/C26H36O4/c1-4-7-9-11-17-24(27)29-23-19-20(6-3)26(22-16-14-13-15-21(22)23)30-25(28)18-12-10-8-5-2/h13-16,19H,4-12,17-18H2,1-3H3. The molecule has 0 fully saturated rings. The largest absolute Gasteiger partial charge is 0.426 e. The number of hydrogen-bond acceptors (Lipinski definition) is 4. The molecule has 2 rings (SSSR count). The molecule has 0 aliphatic rings. The summed E-state index contributed by atoms with van der Waals surface area (Å²) in [5.41, 5.74) is 0.879. The molecule has 0 aliphatic carbocycles. The number of fused-ring (bicyclic) bond motifs is 1. The third-order valence-corrected chi connectivity index (χ3v) is 5.32. The van der Waals surface area contributed by atoms with Crippen molar-refractivity contribution in [3.63, 3.8) is 0 Å². The van der Waals surface area contributed by atoms with Gasteiger partial charge in [0.1, 0.15) is 11.5 Å². The van der Waals surface area contributed by atoms with Crippen molar-refractivity contribution >= 4 is 22.7 Å². The number of ether oxygens (including phenoxy) is 2. The lowest BCUT2D eigenvalue weighted by atomic mass is 10.0. The van der Waals surface area contributed by atoms with Crippen LogP contribution in [0.15, 0.2) is 30.3 Å². The van der Waals surface area contributed by atoms with E-state index in [-0.39, 0.29) is 11.9 Å². The van der Waals surface area contributed by atoms with E-state index in [9.17, 15) is 9.59 Å². The van der Waals surface area contributed by atoms with Gasteiger partial charge in [0.15, 0.2) is 0 Å². The molecule has 0 unspecified atom stereocenters. The fourth-order valence-corrected chi connectivity index (χ4v) is 3.57. The Morgan fingerprint density at radius 1 is 0.733 bits per heavy atom. The van der Waals surface area contributed by atoms with E-state index in [0.29, 0.717) is 30.8 Å². The highest BCUT2D eigenvalue weighted by atomic mass is 16.5. The third kappa shape index (κ3) is 7.16. The van der Waals surface area contributed by atoms with Crippen molar-refractivity contribution in [3.05, 3.63) is 35.9 Å². The fraction of sp³-hybridized carbons (Fsp3) is 0.538. The van der Waals surface area contributed by atoms with Crippen molar-refractivity contribution < 1.29 is 19.1 Å². The SMILES string of the molecule is CCCCCCC(=O)Oc1cc(CC)c(OC(=O)CCCCCC)c2ccccc12. The van der Waals surface area contributed by atoms with Gasteiger partial charge in [-0.05, 0) is 30.9 Å². The molecule has 0 spiro atoms. The zero-order valence-corrected chi connectivity index (χ0v) is 18.8. The van der Waals surface area contributed by atoms with Crippen LogP contribution in [0.25, 0.3) is 10.8 Å². The average molecular weight is 413 g/mol. The van der Waals surface area contributed by atoms with Crippen molar-refractivity contribution in [2.45, 2.75) is 91.4 Å². The van der Waals surface area contributed by atoms with Crippen molar-refractivity contribution in [3.8, 4) is 11.5 Å². The summed E-state index contributed by atoms with van der Waals surface area (Å²) in [6.45, 7) is 6.31. The number of carbonyl (C=O) groups is 2. The summed E-state index contributed by atoms with van der Waals surface area (Å²) in [5.74, 6) is 0.729. The van der Waals surface area contributed by atoms with Crippen molar-refractivity contribution in [2.24, 2.45) is 0 Å². The van der Waals surface area contributed by atoms with Crippen LogP contribution in [0.5, 0.6) is 11.5 Å². The van der Waals surface area contributed by atoms with E-state index < -0.39 is 0 Å². The average Bonchev–Trinajstić information content (AvgIpc) is 2.76. The summed E-state index contributed by atoms with van der Waals surface area (Å²) in [6, 6.07) is 9.51. The van der Waals surface area contributed by atoms with Crippen LogP contribution >= 0.6 is 0 Å². The quantitative estimate of drug-likeness (QED) is 0.199. The molecule has 0 atom stereocenters. The van der Waals surface area contributed by atoms with E-state index in [1.807, 2.05) is 37.3 Å². The molecule has 0 radical (unpaired) electrons. The molecule has 0 heterocycles. The minimum absolute atomic E-state index is 0.202. The fourth-order valence-electron chi connectivity index (χ4n) is 3.57. The zero-order valence-electron chi connectivity index (χ0n) is 18.8. The van der Waals surface area contributed by atoms with Gasteiger partial charge in [0.2, 0.25) is 0 Å². The molecule has 0 aromatic heterocycles. The summed E-state index contributed by atoms with van der Waals surface area (Å²) in [5, 5.41) is 1.61. The third-order valence-electron chi connectivity index (χ3n) is 5.32.